The molecule has 14 heteroatoms. The second kappa shape index (κ2) is 8.47. The molecule has 0 N–H and O–H groups in total. The molecule has 4 heterocycles. The van der Waals surface area contributed by atoms with Crippen LogP contribution in [0.5, 0.6) is 0 Å². The third kappa shape index (κ3) is 3.57. The highest BCUT2D eigenvalue weighted by molar-refractivity contribution is 6.45. The lowest BCUT2D eigenvalue weighted by Crippen LogP contribution is -2.04. The van der Waals surface area contributed by atoms with Crippen LogP contribution in [0.4, 0.5) is 52.7 Å². The highest BCUT2D eigenvalue weighted by atomic mass is 19.4. The lowest BCUT2D eigenvalue weighted by Gasteiger charge is -2.10. The summed E-state index contributed by atoms with van der Waals surface area (Å²) in [5.74, 6) is 0. The first-order valence-corrected chi connectivity index (χ1v) is 14.1. The fourth-order valence-electron chi connectivity index (χ4n) is 7.39. The third-order valence-corrected chi connectivity index (χ3v) is 9.23. The summed E-state index contributed by atoms with van der Waals surface area (Å²) in [6.45, 7) is 0. The summed E-state index contributed by atoms with van der Waals surface area (Å²) in [5, 5.41) is -0.0441. The number of halogens is 12. The van der Waals surface area contributed by atoms with E-state index in [1.165, 1.54) is 8.80 Å². The first-order valence-electron chi connectivity index (χ1n) is 14.1. The molecule has 2 nitrogen and oxygen atoms in total. The minimum atomic E-state index is -4.83. The van der Waals surface area contributed by atoms with Gasteiger partial charge in [0, 0.05) is 43.1 Å². The number of aromatic nitrogens is 2. The predicted octanol–water partition coefficient (Wildman–Crippen LogP) is 12.1. The number of benzene rings is 5. The number of fused-ring (bicyclic) bond motifs is 14. The molecule has 0 saturated carbocycles. The van der Waals surface area contributed by atoms with Gasteiger partial charge in [-0.2, -0.15) is 52.7 Å². The van der Waals surface area contributed by atoms with Crippen LogP contribution in [0.3, 0.4) is 0 Å². The van der Waals surface area contributed by atoms with Crippen molar-refractivity contribution in [2.75, 3.05) is 0 Å². The zero-order valence-electron chi connectivity index (χ0n) is 23.4. The van der Waals surface area contributed by atoms with Gasteiger partial charge in [-0.05, 0) is 72.8 Å². The Labute approximate surface area is 257 Å². The van der Waals surface area contributed by atoms with Gasteiger partial charge >= 0.3 is 24.7 Å². The highest BCUT2D eigenvalue weighted by Gasteiger charge is 2.37. The lowest BCUT2D eigenvalue weighted by atomic mass is 9.96. The molecule has 0 atom stereocenters. The Balaban J connectivity index is 1.66. The Hall–Kier alpha value is -5.14. The van der Waals surface area contributed by atoms with E-state index in [1.54, 1.807) is 0 Å². The van der Waals surface area contributed by atoms with Gasteiger partial charge in [-0.3, -0.25) is 0 Å². The summed E-state index contributed by atoms with van der Waals surface area (Å²) in [7, 11) is 0. The molecular formula is C34H12F12N2. The van der Waals surface area contributed by atoms with Crippen LogP contribution in [0.1, 0.15) is 22.3 Å². The zero-order valence-corrected chi connectivity index (χ0v) is 23.4. The number of nitrogens with zero attached hydrogens (tertiary/aromatic N) is 2. The summed E-state index contributed by atoms with van der Waals surface area (Å²) in [6.07, 6.45) is -19.3. The maximum atomic E-state index is 14.0. The highest BCUT2D eigenvalue weighted by Crippen LogP contribution is 2.53. The van der Waals surface area contributed by atoms with Crippen LogP contribution in [0, 0.1) is 0 Å². The molecule has 9 rings (SSSR count). The molecule has 0 saturated heterocycles. The van der Waals surface area contributed by atoms with Crippen LogP contribution in [0.2, 0.25) is 0 Å². The largest absolute Gasteiger partial charge is 0.416 e. The van der Waals surface area contributed by atoms with E-state index in [9.17, 15) is 52.7 Å². The van der Waals surface area contributed by atoms with E-state index >= 15 is 0 Å². The SMILES string of the molecule is FC(F)(F)c1ccc2c(c1)c1c3c4cc(C(F)(F)F)ccc4n4c5ccc(C(F)(F)F)cc5c(c5c6cc(C(F)(F)F)ccc6n2c15)c34. The molecule has 0 bridgehead atoms. The molecule has 0 aliphatic carbocycles. The molecule has 0 amide bonds. The van der Waals surface area contributed by atoms with Crippen molar-refractivity contribution in [1.29, 1.82) is 0 Å². The van der Waals surface area contributed by atoms with Gasteiger partial charge in [0.25, 0.3) is 0 Å². The monoisotopic (exact) mass is 676 g/mol. The van der Waals surface area contributed by atoms with E-state index in [0.29, 0.717) is 0 Å². The van der Waals surface area contributed by atoms with Crippen molar-refractivity contribution in [3.05, 3.63) is 95.1 Å². The number of hydrogen-bond donors (Lipinski definition) is 0. The normalized spacial score (nSPS) is 14.2. The maximum absolute atomic E-state index is 14.0. The van der Waals surface area contributed by atoms with Gasteiger partial charge in [0.15, 0.2) is 0 Å². The summed E-state index contributed by atoms with van der Waals surface area (Å²) in [5.41, 5.74) is -3.68. The average molecular weight is 676 g/mol. The molecule has 0 aliphatic heterocycles. The van der Waals surface area contributed by atoms with Crippen LogP contribution >= 0.6 is 0 Å². The van der Waals surface area contributed by atoms with Gasteiger partial charge in [0.2, 0.25) is 0 Å². The molecule has 0 unspecified atom stereocenters. The van der Waals surface area contributed by atoms with Gasteiger partial charge in [-0.25, -0.2) is 0 Å². The number of rotatable bonds is 0. The molecule has 48 heavy (non-hydrogen) atoms. The van der Waals surface area contributed by atoms with Gasteiger partial charge < -0.3 is 8.80 Å². The van der Waals surface area contributed by atoms with Crippen LogP contribution < -0.4 is 0 Å². The molecule has 4 aromatic heterocycles. The Kier molecular flexibility index (Phi) is 5.12. The molecule has 0 spiro atoms. The number of hydrogen-bond acceptors (Lipinski definition) is 0. The molecule has 5 aromatic carbocycles. The summed E-state index contributed by atoms with van der Waals surface area (Å²) >= 11 is 0. The summed E-state index contributed by atoms with van der Waals surface area (Å²) in [6, 6.07) is 11.0. The third-order valence-electron chi connectivity index (χ3n) is 9.23. The van der Waals surface area contributed by atoms with Crippen molar-refractivity contribution < 1.29 is 52.7 Å². The predicted molar refractivity (Wildman–Crippen MR) is 156 cm³/mol. The zero-order chi connectivity index (χ0) is 34.0. The molecule has 9 aromatic rings. The Bertz CT molecular complexity index is 2450. The van der Waals surface area contributed by atoms with Crippen LogP contribution in [-0.4, -0.2) is 8.80 Å². The Morgan fingerprint density at radius 2 is 0.521 bits per heavy atom. The van der Waals surface area contributed by atoms with E-state index in [4.69, 9.17) is 0 Å². The minimum Gasteiger partial charge on any atom is -0.308 e. The van der Waals surface area contributed by atoms with Crippen LogP contribution in [-0.2, 0) is 24.7 Å². The van der Waals surface area contributed by atoms with E-state index < -0.39 is 47.0 Å². The van der Waals surface area contributed by atoms with Gasteiger partial charge in [-0.1, -0.05) is 0 Å². The first kappa shape index (κ1) is 29.0. The van der Waals surface area contributed by atoms with E-state index in [1.807, 2.05) is 0 Å². The fourth-order valence-corrected chi connectivity index (χ4v) is 7.39. The smallest absolute Gasteiger partial charge is 0.308 e. The van der Waals surface area contributed by atoms with E-state index in [-0.39, 0.29) is 76.2 Å². The number of alkyl halides is 12. The molecule has 0 fully saturated rings. The van der Waals surface area contributed by atoms with Crippen molar-refractivity contribution in [3.63, 3.8) is 0 Å². The van der Waals surface area contributed by atoms with Crippen molar-refractivity contribution >= 4 is 76.2 Å². The second-order valence-corrected chi connectivity index (χ2v) is 11.8. The van der Waals surface area contributed by atoms with E-state index in [2.05, 4.69) is 0 Å². The molecule has 0 aliphatic rings. The topological polar surface area (TPSA) is 8.82 Å². The van der Waals surface area contributed by atoms with Crippen LogP contribution in [0.15, 0.2) is 72.8 Å². The second-order valence-electron chi connectivity index (χ2n) is 11.8. The first-order chi connectivity index (χ1) is 22.4. The average Bonchev–Trinajstić information content (AvgIpc) is 3.70. The maximum Gasteiger partial charge on any atom is 0.416 e. The lowest BCUT2D eigenvalue weighted by molar-refractivity contribution is -0.138. The summed E-state index contributed by atoms with van der Waals surface area (Å²) in [4.78, 5) is 0. The standard InChI is InChI=1S/C34H12F12N2/c35-31(36,37)13-1-5-21-17(9-13)25-26-19-11-15(33(41,42)43)3-7-23(19)48-24-8-4-16(34(44,45)46)12-20(24)28(30(26)48)27-18-10-14(32(38,39)40)2-6-22(18)47(21)29(25)27/h1-12H. The Morgan fingerprint density at radius 3 is 0.708 bits per heavy atom. The fraction of sp³-hybridized carbons (Fsp3) is 0.118. The molecule has 0 radical (unpaired) electrons. The van der Waals surface area contributed by atoms with Crippen molar-refractivity contribution in [1.82, 2.24) is 8.80 Å². The van der Waals surface area contributed by atoms with E-state index in [0.717, 1.165) is 72.8 Å². The molecular weight excluding hydrogens is 664 g/mol. The van der Waals surface area contributed by atoms with Crippen molar-refractivity contribution in [2.24, 2.45) is 0 Å². The Morgan fingerprint density at radius 1 is 0.312 bits per heavy atom. The van der Waals surface area contributed by atoms with Crippen molar-refractivity contribution in [3.8, 4) is 0 Å². The van der Waals surface area contributed by atoms with Gasteiger partial charge in [0.1, 0.15) is 0 Å². The quantitative estimate of drug-likeness (QED) is 0.141. The van der Waals surface area contributed by atoms with Gasteiger partial charge in [-0.15, -0.1) is 0 Å². The minimum absolute atomic E-state index is 0.0292. The van der Waals surface area contributed by atoms with Crippen LogP contribution in [0.25, 0.3) is 76.2 Å². The summed E-state index contributed by atoms with van der Waals surface area (Å²) < 4.78 is 171. The molecule has 242 valence electrons. The van der Waals surface area contributed by atoms with Gasteiger partial charge in [0.05, 0.1) is 55.4 Å². The van der Waals surface area contributed by atoms with Crippen molar-refractivity contribution in [2.45, 2.75) is 24.7 Å².